The predicted molar refractivity (Wildman–Crippen MR) is 271 cm³/mol. The molecule has 2 nitrogen and oxygen atoms in total. The fourth-order valence-corrected chi connectivity index (χ4v) is 16.4. The lowest BCUT2D eigenvalue weighted by Crippen LogP contribution is -2.43. The van der Waals surface area contributed by atoms with Crippen molar-refractivity contribution in [3.63, 3.8) is 0 Å². The Hall–Kier alpha value is -0.880. The molecule has 0 N–H and O–H groups in total. The monoisotopic (exact) mass is 963 g/mol. The van der Waals surface area contributed by atoms with Crippen LogP contribution in [0.15, 0.2) is 0 Å². The Bertz CT molecular complexity index is 1430. The number of esters is 1. The number of alkyl halides is 5. The zero-order valence-corrected chi connectivity index (χ0v) is 44.4. The average Bonchev–Trinajstić information content (AvgIpc) is 3.35. The highest BCUT2D eigenvalue weighted by molar-refractivity contribution is 5.72. The molecule has 9 saturated carbocycles. The lowest BCUT2D eigenvalue weighted by molar-refractivity contribution is -0.164. The molecule has 9 aliphatic rings. The van der Waals surface area contributed by atoms with E-state index in [-0.39, 0.29) is 29.6 Å². The molecular formula is C61H103F5O2. The second kappa shape index (κ2) is 26.4. The quantitative estimate of drug-likeness (QED) is 0.188. The van der Waals surface area contributed by atoms with Gasteiger partial charge in [0.05, 0.1) is 5.92 Å². The highest BCUT2D eigenvalue weighted by atomic mass is 19.2. The molecule has 0 aromatic carbocycles. The van der Waals surface area contributed by atoms with E-state index in [1.165, 1.54) is 128 Å². The molecular weight excluding hydrogens is 860 g/mol. The summed E-state index contributed by atoms with van der Waals surface area (Å²) in [5.41, 5.74) is 0. The van der Waals surface area contributed by atoms with Gasteiger partial charge in [-0.3, -0.25) is 4.79 Å². The zero-order chi connectivity index (χ0) is 48.5. The van der Waals surface area contributed by atoms with Gasteiger partial charge in [0.15, 0.2) is 6.17 Å². The van der Waals surface area contributed by atoms with Gasteiger partial charge in [0.1, 0.15) is 30.8 Å². The normalized spacial score (nSPS) is 48.4. The summed E-state index contributed by atoms with van der Waals surface area (Å²) in [6.45, 7) is 13.0. The first-order valence-corrected chi connectivity index (χ1v) is 30.1. The van der Waals surface area contributed by atoms with Crippen molar-refractivity contribution < 1.29 is 31.5 Å². The SMILES string of the molecule is CC1CCC(C(=O)OC2CCC(C)C(F)C2F)CC1.CC1CCC(C2CCC(C3CCC(C)C(F)C3F)CC2)CC1.CC1CCC(C2CCC(C3CCC(C4CCC(C)CC4)CC3F)CC2)CC1. The topological polar surface area (TPSA) is 26.3 Å². The minimum Gasteiger partial charge on any atom is -0.459 e. The highest BCUT2D eigenvalue weighted by Crippen LogP contribution is 2.50. The van der Waals surface area contributed by atoms with Gasteiger partial charge >= 0.3 is 5.97 Å². The summed E-state index contributed by atoms with van der Waals surface area (Å²) < 4.78 is 76.3. The fourth-order valence-electron chi connectivity index (χ4n) is 16.4. The molecule has 7 heteroatoms. The van der Waals surface area contributed by atoms with Crippen LogP contribution in [0.2, 0.25) is 0 Å². The molecule has 0 bridgehead atoms. The van der Waals surface area contributed by atoms with Crippen LogP contribution < -0.4 is 0 Å². The first kappa shape index (κ1) is 54.9. The summed E-state index contributed by atoms with van der Waals surface area (Å²) >= 11 is 0. The molecule has 0 amide bonds. The summed E-state index contributed by atoms with van der Waals surface area (Å²) in [6, 6.07) is 0. The molecule has 9 aliphatic carbocycles. The molecule has 0 aliphatic heterocycles. The Morgan fingerprint density at radius 1 is 0.324 bits per heavy atom. The third-order valence-corrected chi connectivity index (χ3v) is 21.8. The van der Waals surface area contributed by atoms with Crippen LogP contribution in [0.4, 0.5) is 22.0 Å². The third-order valence-electron chi connectivity index (χ3n) is 21.8. The second-order valence-corrected chi connectivity index (χ2v) is 26.6. The van der Waals surface area contributed by atoms with Crippen molar-refractivity contribution >= 4 is 5.97 Å². The molecule has 11 unspecified atom stereocenters. The third kappa shape index (κ3) is 14.9. The molecule has 0 aromatic rings. The van der Waals surface area contributed by atoms with Gasteiger partial charge in [-0.25, -0.2) is 22.0 Å². The Kier molecular flexibility index (Phi) is 21.3. The average molecular weight is 963 g/mol. The van der Waals surface area contributed by atoms with Crippen LogP contribution in [-0.2, 0) is 9.53 Å². The van der Waals surface area contributed by atoms with E-state index in [1.54, 1.807) is 6.92 Å². The van der Waals surface area contributed by atoms with Gasteiger partial charge in [0.2, 0.25) is 0 Å². The van der Waals surface area contributed by atoms with Crippen molar-refractivity contribution in [2.75, 3.05) is 0 Å². The maximum Gasteiger partial charge on any atom is 0.309 e. The van der Waals surface area contributed by atoms with Crippen molar-refractivity contribution in [2.45, 2.75) is 278 Å². The van der Waals surface area contributed by atoms with Gasteiger partial charge < -0.3 is 4.74 Å². The van der Waals surface area contributed by atoms with E-state index >= 15 is 4.39 Å². The van der Waals surface area contributed by atoms with Crippen LogP contribution in [0.25, 0.3) is 0 Å². The Morgan fingerprint density at radius 3 is 1.09 bits per heavy atom. The van der Waals surface area contributed by atoms with Crippen LogP contribution in [0.5, 0.6) is 0 Å². The highest BCUT2D eigenvalue weighted by Gasteiger charge is 2.45. The van der Waals surface area contributed by atoms with Gasteiger partial charge in [0.25, 0.3) is 0 Å². The van der Waals surface area contributed by atoms with Crippen molar-refractivity contribution in [3.05, 3.63) is 0 Å². The molecule has 11 atom stereocenters. The van der Waals surface area contributed by atoms with E-state index in [2.05, 4.69) is 27.7 Å². The summed E-state index contributed by atoms with van der Waals surface area (Å²) in [6.07, 6.45) is 30.5. The molecule has 68 heavy (non-hydrogen) atoms. The number of hydrogen-bond acceptors (Lipinski definition) is 2. The molecule has 9 fully saturated rings. The van der Waals surface area contributed by atoms with Crippen molar-refractivity contribution in [1.29, 1.82) is 0 Å². The van der Waals surface area contributed by atoms with Crippen LogP contribution in [-0.4, -0.2) is 42.9 Å². The standard InChI is InChI=1S/C26H45F.C20H34F2.C15H24F2O2/c1-18-3-7-20(8-4-18)21-11-13-23(14-12-21)25-16-15-24(17-26(25)27)22-9-5-19(2)6-10-22;1-13-3-6-15(7-4-13)16-8-10-17(11-9-16)18-12-5-14(2)19(21)20(18)22;1-9-3-6-11(7-4-9)15(18)19-12-8-5-10(2)13(16)14(12)17/h18-26H,3-17H2,1-2H3;13-20H,3-12H2,1-2H3;9-14H,3-8H2,1-2H3. The summed E-state index contributed by atoms with van der Waals surface area (Å²) in [5, 5.41) is 0. The molecule has 0 radical (unpaired) electrons. The second-order valence-electron chi connectivity index (χ2n) is 26.6. The van der Waals surface area contributed by atoms with Crippen molar-refractivity contribution in [2.24, 2.45) is 101 Å². The first-order valence-electron chi connectivity index (χ1n) is 30.1. The fraction of sp³-hybridized carbons (Fsp3) is 0.984. The van der Waals surface area contributed by atoms with Crippen LogP contribution in [0.3, 0.4) is 0 Å². The van der Waals surface area contributed by atoms with Gasteiger partial charge in [-0.05, 0) is 255 Å². The minimum atomic E-state index is -1.66. The maximum atomic E-state index is 15.2. The van der Waals surface area contributed by atoms with Crippen LogP contribution in [0.1, 0.15) is 241 Å². The van der Waals surface area contributed by atoms with Crippen molar-refractivity contribution in [3.8, 4) is 0 Å². The Balaban J connectivity index is 0.000000154. The molecule has 9 rings (SSSR count). The zero-order valence-electron chi connectivity index (χ0n) is 44.4. The minimum absolute atomic E-state index is 0.0125. The Labute approximate surface area is 414 Å². The number of ether oxygens (including phenoxy) is 1. The van der Waals surface area contributed by atoms with Crippen LogP contribution in [0, 0.1) is 101 Å². The number of carbonyl (C=O) groups is 1. The number of carbonyl (C=O) groups excluding carboxylic acids is 1. The van der Waals surface area contributed by atoms with E-state index in [0.717, 1.165) is 105 Å². The molecule has 394 valence electrons. The van der Waals surface area contributed by atoms with Crippen molar-refractivity contribution in [1.82, 2.24) is 0 Å². The number of rotatable bonds is 7. The number of halogens is 5. The molecule has 0 spiro atoms. The van der Waals surface area contributed by atoms with Gasteiger partial charge in [-0.2, -0.15) is 0 Å². The largest absolute Gasteiger partial charge is 0.459 e. The van der Waals surface area contributed by atoms with Gasteiger partial charge in [-0.15, -0.1) is 0 Å². The van der Waals surface area contributed by atoms with Gasteiger partial charge in [0, 0.05) is 0 Å². The Morgan fingerprint density at radius 2 is 0.647 bits per heavy atom. The molecule has 0 aromatic heterocycles. The van der Waals surface area contributed by atoms with E-state index in [1.807, 2.05) is 6.92 Å². The smallest absolute Gasteiger partial charge is 0.309 e. The summed E-state index contributed by atoms with van der Waals surface area (Å²) in [4.78, 5) is 12.0. The van der Waals surface area contributed by atoms with E-state index < -0.39 is 37.0 Å². The predicted octanol–water partition coefficient (Wildman–Crippen LogP) is 18.4. The first-order chi connectivity index (χ1) is 32.6. The summed E-state index contributed by atoms with van der Waals surface area (Å²) in [5.74, 6) is 9.64. The molecule has 0 saturated heterocycles. The number of hydrogen-bond donors (Lipinski definition) is 0. The maximum absolute atomic E-state index is 15.2. The molecule has 0 heterocycles. The van der Waals surface area contributed by atoms with E-state index in [9.17, 15) is 22.4 Å². The summed E-state index contributed by atoms with van der Waals surface area (Å²) in [7, 11) is 0. The van der Waals surface area contributed by atoms with E-state index in [4.69, 9.17) is 4.74 Å². The van der Waals surface area contributed by atoms with Gasteiger partial charge in [-0.1, -0.05) is 80.1 Å². The van der Waals surface area contributed by atoms with E-state index in [0.29, 0.717) is 42.4 Å². The van der Waals surface area contributed by atoms with Crippen LogP contribution >= 0.6 is 0 Å². The lowest BCUT2D eigenvalue weighted by atomic mass is 9.62. The lowest BCUT2D eigenvalue weighted by Gasteiger charge is -2.44.